The topological polar surface area (TPSA) is 117 Å². The van der Waals surface area contributed by atoms with E-state index in [2.05, 4.69) is 206 Å². The molecule has 1 aliphatic carbocycles. The second kappa shape index (κ2) is 21.2. The van der Waals surface area contributed by atoms with E-state index in [0.29, 0.717) is 23.4 Å². The van der Waals surface area contributed by atoms with Gasteiger partial charge in [-0.05, 0) is 183 Å². The van der Waals surface area contributed by atoms with Crippen molar-refractivity contribution in [2.45, 2.75) is 57.0 Å². The van der Waals surface area contributed by atoms with Gasteiger partial charge in [0.05, 0.1) is 6.54 Å². The minimum atomic E-state index is 0.312. The Labute approximate surface area is 465 Å². The molecule has 0 amide bonds. The Morgan fingerprint density at radius 2 is 1.24 bits per heavy atom. The lowest BCUT2D eigenvalue weighted by atomic mass is 9.96. The number of nitrogens with one attached hydrogen (secondary N) is 6. The van der Waals surface area contributed by atoms with Gasteiger partial charge in [0.1, 0.15) is 12.7 Å². The Morgan fingerprint density at radius 1 is 0.590 bits per heavy atom. The number of halogens is 2. The number of rotatable bonds is 18. The third-order valence-electron chi connectivity index (χ3n) is 16.0. The van der Waals surface area contributed by atoms with Crippen molar-refractivity contribution >= 4 is 107 Å². The molecule has 11 nitrogen and oxygen atoms in total. The fraction of sp³-hybridized carbons (Fsp3) is 0.231. The molecule has 4 heterocycles. The molecule has 3 aromatic heterocycles. The first-order valence-electron chi connectivity index (χ1n) is 27.2. The molecule has 78 heavy (non-hydrogen) atoms. The number of hydrogen-bond acceptors (Lipinski definition) is 8. The van der Waals surface area contributed by atoms with Gasteiger partial charge in [-0.2, -0.15) is 5.10 Å². The SMILES string of the molecule is CN(C)CCc1cc(Nc2ccc(Cl)cc2CN(C)CCc2cc(Nc3cc(Cl)ccc3C3CC3c3cc4c(cc3NCCn3cncn3)Nc3ccccc3CC4)cc3c2[nH]c2ccccc23)cc2c1[nH]c1ccccc12. The standard InChI is InChI=1S/C65H63Cl2N11/c1-76(2)25-22-42-29-47(33-55-49-11-5-8-14-59(49)74-64(42)55)71-58-21-19-45(66)28-44(58)37-77(3)26-23-43-30-48(34-56-50-12-6-9-15-60(50)75-65(43)56)72-63-32-46(67)18-20-51(63)52-35-53(52)54-31-41-17-16-40-10-4-7-13-57(40)73-61(41)36-62(54)69-24-27-78-39-68-38-70-78/h4-15,18-21,28-34,36,38-39,52-53,69,71-75H,16-17,22-27,35,37H2,1-3H3. The number of aromatic amines is 2. The average molecular weight is 1070 g/mol. The summed E-state index contributed by atoms with van der Waals surface area (Å²) < 4.78 is 1.87. The summed E-state index contributed by atoms with van der Waals surface area (Å²) in [6.07, 6.45) is 8.13. The Morgan fingerprint density at radius 3 is 1.97 bits per heavy atom. The quantitative estimate of drug-likeness (QED) is 0.0503. The summed E-state index contributed by atoms with van der Waals surface area (Å²) >= 11 is 13.7. The van der Waals surface area contributed by atoms with Gasteiger partial charge in [-0.1, -0.05) is 89.9 Å². The molecule has 392 valence electrons. The minimum Gasteiger partial charge on any atom is -0.383 e. The fourth-order valence-electron chi connectivity index (χ4n) is 12.0. The molecule has 2 aliphatic rings. The predicted molar refractivity (Wildman–Crippen MR) is 326 cm³/mol. The lowest BCUT2D eigenvalue weighted by molar-refractivity contribution is 0.332. The summed E-state index contributed by atoms with van der Waals surface area (Å²) in [5.74, 6) is 0.648. The zero-order valence-electron chi connectivity index (χ0n) is 44.2. The summed E-state index contributed by atoms with van der Waals surface area (Å²) in [6.45, 7) is 3.93. The molecule has 11 aromatic rings. The second-order valence-electron chi connectivity index (χ2n) is 21.7. The van der Waals surface area contributed by atoms with Gasteiger partial charge < -0.3 is 41.0 Å². The Bertz CT molecular complexity index is 4010. The first-order chi connectivity index (χ1) is 38.1. The molecule has 1 saturated carbocycles. The zero-order valence-corrected chi connectivity index (χ0v) is 45.7. The van der Waals surface area contributed by atoms with Crippen molar-refractivity contribution in [2.24, 2.45) is 0 Å². The van der Waals surface area contributed by atoms with Crippen LogP contribution < -0.4 is 21.3 Å². The van der Waals surface area contributed by atoms with Crippen molar-refractivity contribution < 1.29 is 0 Å². The number of H-pyrrole nitrogens is 2. The summed E-state index contributed by atoms with van der Waals surface area (Å²) in [7, 11) is 6.46. The molecule has 8 aromatic carbocycles. The Balaban J connectivity index is 0.768. The monoisotopic (exact) mass is 1070 g/mol. The van der Waals surface area contributed by atoms with Crippen LogP contribution in [-0.4, -0.2) is 75.3 Å². The molecular formula is C65H63Cl2N11. The van der Waals surface area contributed by atoms with E-state index < -0.39 is 0 Å². The van der Waals surface area contributed by atoms with E-state index in [1.165, 1.54) is 71.8 Å². The Kier molecular flexibility index (Phi) is 13.5. The largest absolute Gasteiger partial charge is 0.383 e. The van der Waals surface area contributed by atoms with Crippen LogP contribution in [0.1, 0.15) is 57.2 Å². The van der Waals surface area contributed by atoms with Crippen LogP contribution in [0.15, 0.2) is 158 Å². The van der Waals surface area contributed by atoms with Crippen LogP contribution in [0.2, 0.25) is 10.0 Å². The maximum Gasteiger partial charge on any atom is 0.137 e. The molecule has 13 rings (SSSR count). The maximum atomic E-state index is 6.90. The predicted octanol–water partition coefficient (Wildman–Crippen LogP) is 15.3. The fourth-order valence-corrected chi connectivity index (χ4v) is 12.3. The second-order valence-corrected chi connectivity index (χ2v) is 22.6. The number of nitrogens with zero attached hydrogens (tertiary/aromatic N) is 5. The highest BCUT2D eigenvalue weighted by molar-refractivity contribution is 6.31. The summed E-state index contributed by atoms with van der Waals surface area (Å²) in [5.41, 5.74) is 21.3. The summed E-state index contributed by atoms with van der Waals surface area (Å²) in [6, 6.07) is 52.5. The van der Waals surface area contributed by atoms with Gasteiger partial charge in [0.2, 0.25) is 0 Å². The van der Waals surface area contributed by atoms with E-state index in [1.54, 1.807) is 12.7 Å². The van der Waals surface area contributed by atoms with Crippen molar-refractivity contribution in [3.05, 3.63) is 207 Å². The van der Waals surface area contributed by atoms with Crippen molar-refractivity contribution in [2.75, 3.05) is 62.0 Å². The lowest BCUT2D eigenvalue weighted by Crippen LogP contribution is -2.21. The van der Waals surface area contributed by atoms with Crippen molar-refractivity contribution in [1.29, 1.82) is 0 Å². The molecule has 0 spiro atoms. The van der Waals surface area contributed by atoms with Gasteiger partial charge in [0, 0.05) is 120 Å². The van der Waals surface area contributed by atoms with E-state index in [4.69, 9.17) is 23.2 Å². The molecule has 13 heteroatoms. The first-order valence-corrected chi connectivity index (χ1v) is 28.0. The summed E-state index contributed by atoms with van der Waals surface area (Å²) in [5, 5.41) is 26.0. The Hall–Kier alpha value is -7.80. The van der Waals surface area contributed by atoms with Crippen LogP contribution in [0.3, 0.4) is 0 Å². The van der Waals surface area contributed by atoms with Crippen LogP contribution >= 0.6 is 23.2 Å². The molecule has 2 atom stereocenters. The number of benzene rings is 8. The molecule has 2 unspecified atom stereocenters. The molecule has 0 radical (unpaired) electrons. The van der Waals surface area contributed by atoms with Crippen LogP contribution in [0, 0.1) is 0 Å². The van der Waals surface area contributed by atoms with E-state index in [-0.39, 0.29) is 0 Å². The molecule has 0 bridgehead atoms. The van der Waals surface area contributed by atoms with Crippen LogP contribution in [-0.2, 0) is 38.8 Å². The first kappa shape index (κ1) is 49.8. The minimum absolute atomic E-state index is 0.312. The molecule has 1 fully saturated rings. The van der Waals surface area contributed by atoms with Crippen LogP contribution in [0.25, 0.3) is 43.6 Å². The average Bonchev–Trinajstić information content (AvgIpc) is 3.84. The highest BCUT2D eigenvalue weighted by Crippen LogP contribution is 2.59. The molecule has 6 N–H and O–H groups in total. The van der Waals surface area contributed by atoms with E-state index in [9.17, 15) is 0 Å². The van der Waals surface area contributed by atoms with Crippen LogP contribution in [0.5, 0.6) is 0 Å². The number of likely N-dealkylation sites (N-methyl/N-ethyl adjacent to an activating group) is 2. The molecule has 1 aliphatic heterocycles. The number of aryl methyl sites for hydroxylation is 2. The van der Waals surface area contributed by atoms with Gasteiger partial charge in [0.15, 0.2) is 0 Å². The highest BCUT2D eigenvalue weighted by Gasteiger charge is 2.42. The smallest absolute Gasteiger partial charge is 0.137 e. The number of anilines is 7. The van der Waals surface area contributed by atoms with Crippen molar-refractivity contribution in [3.8, 4) is 0 Å². The van der Waals surface area contributed by atoms with E-state index in [1.807, 2.05) is 16.8 Å². The van der Waals surface area contributed by atoms with Crippen LogP contribution in [0.4, 0.5) is 39.8 Å². The molecular weight excluding hydrogens is 1010 g/mol. The third-order valence-corrected chi connectivity index (χ3v) is 16.5. The van der Waals surface area contributed by atoms with Gasteiger partial charge in [-0.3, -0.25) is 4.68 Å². The number of hydrogen-bond donors (Lipinski definition) is 6. The zero-order chi connectivity index (χ0) is 52.9. The van der Waals surface area contributed by atoms with E-state index in [0.717, 1.165) is 114 Å². The van der Waals surface area contributed by atoms with Gasteiger partial charge in [0.25, 0.3) is 0 Å². The van der Waals surface area contributed by atoms with Crippen molar-refractivity contribution in [3.63, 3.8) is 0 Å². The van der Waals surface area contributed by atoms with Gasteiger partial charge >= 0.3 is 0 Å². The number of para-hydroxylation sites is 3. The van der Waals surface area contributed by atoms with E-state index >= 15 is 0 Å². The molecule has 0 saturated heterocycles. The number of fused-ring (bicyclic) bond motifs is 8. The third kappa shape index (κ3) is 10.3. The summed E-state index contributed by atoms with van der Waals surface area (Å²) in [4.78, 5) is 16.3. The van der Waals surface area contributed by atoms with Gasteiger partial charge in [-0.15, -0.1) is 0 Å². The van der Waals surface area contributed by atoms with Crippen molar-refractivity contribution in [1.82, 2.24) is 34.5 Å². The van der Waals surface area contributed by atoms with Gasteiger partial charge in [-0.25, -0.2) is 4.98 Å². The normalized spacial score (nSPS) is 15.0. The lowest BCUT2D eigenvalue weighted by Gasteiger charge is -2.21. The number of aromatic nitrogens is 5. The maximum absolute atomic E-state index is 6.90. The highest BCUT2D eigenvalue weighted by atomic mass is 35.5.